The molecular formula is C23H25ClFN3O. The van der Waals surface area contributed by atoms with Gasteiger partial charge in [-0.25, -0.2) is 4.39 Å². The summed E-state index contributed by atoms with van der Waals surface area (Å²) >= 11 is 6.22. The number of hydrogen-bond donors (Lipinski definition) is 1. The Morgan fingerprint density at radius 3 is 2.62 bits per heavy atom. The molecule has 0 spiro atoms. The van der Waals surface area contributed by atoms with Crippen molar-refractivity contribution in [1.82, 2.24) is 14.8 Å². The average Bonchev–Trinajstić information content (AvgIpc) is 3.15. The number of nitrogens with one attached hydrogen (secondary N) is 1. The number of fused-ring (bicyclic) bond motifs is 1. The van der Waals surface area contributed by atoms with Crippen LogP contribution < -0.4 is 0 Å². The van der Waals surface area contributed by atoms with E-state index in [1.165, 1.54) is 6.07 Å². The van der Waals surface area contributed by atoms with Gasteiger partial charge in [-0.05, 0) is 41.9 Å². The zero-order valence-corrected chi connectivity index (χ0v) is 17.3. The molecule has 3 aromatic rings. The Labute approximate surface area is 175 Å². The number of nitrogens with zero attached hydrogens (tertiary/aromatic N) is 2. The lowest BCUT2D eigenvalue weighted by Gasteiger charge is -2.34. The average molecular weight is 414 g/mol. The van der Waals surface area contributed by atoms with Gasteiger partial charge in [-0.1, -0.05) is 36.7 Å². The van der Waals surface area contributed by atoms with E-state index in [-0.39, 0.29) is 24.1 Å². The number of aromatic nitrogens is 1. The second-order valence-electron chi connectivity index (χ2n) is 7.53. The van der Waals surface area contributed by atoms with Crippen LogP contribution in [-0.2, 0) is 4.79 Å². The predicted molar refractivity (Wildman–Crippen MR) is 115 cm³/mol. The number of hydrogen-bond acceptors (Lipinski definition) is 2. The standard InChI is InChI=1S/C23H25ClFN3O/c1-2-27-9-11-28(12-10-27)23(29)14-18(17-5-3-4-6-21(17)25)20-15-26-22-8-7-16(24)13-19(20)22/h3-8,13,15,18,26H,2,9-12,14H2,1H3/t18-/m0/s1. The molecule has 0 saturated carbocycles. The normalized spacial score (nSPS) is 16.3. The zero-order chi connectivity index (χ0) is 20.4. The Morgan fingerprint density at radius 2 is 1.90 bits per heavy atom. The maximum Gasteiger partial charge on any atom is 0.223 e. The third kappa shape index (κ3) is 4.16. The highest BCUT2D eigenvalue weighted by atomic mass is 35.5. The third-order valence-corrected chi connectivity index (χ3v) is 6.12. The molecule has 1 saturated heterocycles. The van der Waals surface area contributed by atoms with E-state index < -0.39 is 0 Å². The van der Waals surface area contributed by atoms with Crippen LogP contribution in [0, 0.1) is 5.82 Å². The molecule has 1 fully saturated rings. The van der Waals surface area contributed by atoms with Crippen molar-refractivity contribution in [2.75, 3.05) is 32.7 Å². The number of H-pyrrole nitrogens is 1. The summed E-state index contributed by atoms with van der Waals surface area (Å²) in [5.74, 6) is -0.608. The summed E-state index contributed by atoms with van der Waals surface area (Å²) in [6.45, 7) is 6.33. The molecule has 2 heterocycles. The predicted octanol–water partition coefficient (Wildman–Crippen LogP) is 4.65. The quantitative estimate of drug-likeness (QED) is 0.661. The monoisotopic (exact) mass is 413 g/mol. The summed E-state index contributed by atoms with van der Waals surface area (Å²) in [6, 6.07) is 12.3. The number of carbonyl (C=O) groups is 1. The molecule has 152 valence electrons. The molecule has 1 atom stereocenters. The second-order valence-corrected chi connectivity index (χ2v) is 7.96. The fourth-order valence-corrected chi connectivity index (χ4v) is 4.34. The fourth-order valence-electron chi connectivity index (χ4n) is 4.17. The molecule has 1 aromatic heterocycles. The van der Waals surface area contributed by atoms with Crippen molar-refractivity contribution < 1.29 is 9.18 Å². The molecule has 4 nitrogen and oxygen atoms in total. The summed E-state index contributed by atoms with van der Waals surface area (Å²) in [7, 11) is 0. The van der Waals surface area contributed by atoms with E-state index in [2.05, 4.69) is 16.8 Å². The van der Waals surface area contributed by atoms with Crippen LogP contribution in [0.25, 0.3) is 10.9 Å². The van der Waals surface area contributed by atoms with Gasteiger partial charge >= 0.3 is 0 Å². The van der Waals surface area contributed by atoms with Gasteiger partial charge in [0, 0.05) is 60.6 Å². The van der Waals surface area contributed by atoms with Gasteiger partial charge in [0.05, 0.1) is 0 Å². The Balaban J connectivity index is 1.67. The summed E-state index contributed by atoms with van der Waals surface area (Å²) in [6.07, 6.45) is 2.10. The topological polar surface area (TPSA) is 39.3 Å². The minimum Gasteiger partial charge on any atom is -0.361 e. The van der Waals surface area contributed by atoms with E-state index in [0.717, 1.165) is 49.2 Å². The van der Waals surface area contributed by atoms with Crippen LogP contribution in [-0.4, -0.2) is 53.4 Å². The molecule has 0 radical (unpaired) electrons. The van der Waals surface area contributed by atoms with Crippen molar-refractivity contribution >= 4 is 28.4 Å². The highest BCUT2D eigenvalue weighted by Gasteiger charge is 2.27. The molecule has 1 N–H and O–H groups in total. The lowest BCUT2D eigenvalue weighted by atomic mass is 9.87. The number of rotatable bonds is 5. The van der Waals surface area contributed by atoms with E-state index in [1.807, 2.05) is 35.4 Å². The highest BCUT2D eigenvalue weighted by Crippen LogP contribution is 2.36. The van der Waals surface area contributed by atoms with Gasteiger partial charge in [0.25, 0.3) is 0 Å². The number of benzene rings is 2. The first-order valence-corrected chi connectivity index (χ1v) is 10.5. The van der Waals surface area contributed by atoms with Crippen molar-refractivity contribution in [2.45, 2.75) is 19.3 Å². The molecule has 1 amide bonds. The zero-order valence-electron chi connectivity index (χ0n) is 16.5. The van der Waals surface area contributed by atoms with Crippen LogP contribution in [0.1, 0.15) is 30.4 Å². The lowest BCUT2D eigenvalue weighted by Crippen LogP contribution is -2.48. The smallest absolute Gasteiger partial charge is 0.223 e. The molecule has 1 aliphatic heterocycles. The van der Waals surface area contributed by atoms with Crippen molar-refractivity contribution in [3.05, 3.63) is 70.6 Å². The van der Waals surface area contributed by atoms with E-state index in [4.69, 9.17) is 11.6 Å². The first kappa shape index (κ1) is 19.9. The van der Waals surface area contributed by atoms with Gasteiger partial charge in [0.2, 0.25) is 5.91 Å². The molecule has 0 unspecified atom stereocenters. The van der Waals surface area contributed by atoms with Crippen molar-refractivity contribution in [2.24, 2.45) is 0 Å². The molecule has 4 rings (SSSR count). The number of aromatic amines is 1. The van der Waals surface area contributed by atoms with Crippen LogP contribution in [0.15, 0.2) is 48.7 Å². The van der Waals surface area contributed by atoms with Gasteiger partial charge < -0.3 is 14.8 Å². The molecule has 2 aromatic carbocycles. The Bertz CT molecular complexity index is 1010. The molecule has 29 heavy (non-hydrogen) atoms. The van der Waals surface area contributed by atoms with Crippen LogP contribution >= 0.6 is 11.6 Å². The molecule has 6 heteroatoms. The van der Waals surface area contributed by atoms with Crippen molar-refractivity contribution in [3.8, 4) is 0 Å². The Morgan fingerprint density at radius 1 is 1.14 bits per heavy atom. The van der Waals surface area contributed by atoms with Crippen molar-refractivity contribution in [1.29, 1.82) is 0 Å². The van der Waals surface area contributed by atoms with Gasteiger partial charge in [-0.15, -0.1) is 0 Å². The van der Waals surface area contributed by atoms with Gasteiger partial charge in [0.15, 0.2) is 0 Å². The lowest BCUT2D eigenvalue weighted by molar-refractivity contribution is -0.133. The maximum atomic E-state index is 14.7. The van der Waals surface area contributed by atoms with Crippen LogP contribution in [0.4, 0.5) is 4.39 Å². The summed E-state index contributed by atoms with van der Waals surface area (Å²) in [5.41, 5.74) is 2.36. The highest BCUT2D eigenvalue weighted by molar-refractivity contribution is 6.31. The minimum atomic E-state index is -0.375. The second kappa shape index (κ2) is 8.56. The number of halogens is 2. The van der Waals surface area contributed by atoms with Gasteiger partial charge in [-0.2, -0.15) is 0 Å². The van der Waals surface area contributed by atoms with E-state index in [0.29, 0.717) is 10.6 Å². The Hall–Kier alpha value is -2.37. The number of piperazine rings is 1. The largest absolute Gasteiger partial charge is 0.361 e. The number of carbonyl (C=O) groups excluding carboxylic acids is 1. The molecule has 1 aliphatic rings. The first-order chi connectivity index (χ1) is 14.1. The summed E-state index contributed by atoms with van der Waals surface area (Å²) in [5, 5.41) is 1.54. The molecule has 0 bridgehead atoms. The van der Waals surface area contributed by atoms with Gasteiger partial charge in [0.1, 0.15) is 5.82 Å². The van der Waals surface area contributed by atoms with Gasteiger partial charge in [-0.3, -0.25) is 4.79 Å². The first-order valence-electron chi connectivity index (χ1n) is 10.1. The fraction of sp³-hybridized carbons (Fsp3) is 0.348. The maximum absolute atomic E-state index is 14.7. The van der Waals surface area contributed by atoms with Crippen molar-refractivity contribution in [3.63, 3.8) is 0 Å². The Kier molecular flexibility index (Phi) is 5.88. The molecule has 0 aliphatic carbocycles. The molecular weight excluding hydrogens is 389 g/mol. The minimum absolute atomic E-state index is 0.0605. The SMILES string of the molecule is CCN1CCN(C(=O)C[C@@H](c2ccccc2F)c2c[nH]c3ccc(Cl)cc23)CC1. The van der Waals surface area contributed by atoms with E-state index in [9.17, 15) is 9.18 Å². The van der Waals surface area contributed by atoms with Crippen LogP contribution in [0.3, 0.4) is 0 Å². The van der Waals surface area contributed by atoms with Crippen LogP contribution in [0.5, 0.6) is 0 Å². The number of amides is 1. The van der Waals surface area contributed by atoms with Crippen LogP contribution in [0.2, 0.25) is 5.02 Å². The summed E-state index contributed by atoms with van der Waals surface area (Å²) < 4.78 is 14.7. The number of likely N-dealkylation sites (N-methyl/N-ethyl adjacent to an activating group) is 1. The van der Waals surface area contributed by atoms with E-state index in [1.54, 1.807) is 12.1 Å². The third-order valence-electron chi connectivity index (χ3n) is 5.88. The van der Waals surface area contributed by atoms with E-state index >= 15 is 0 Å². The summed E-state index contributed by atoms with van der Waals surface area (Å²) in [4.78, 5) is 20.6.